The van der Waals surface area contributed by atoms with E-state index in [1.165, 1.54) is 12.4 Å². The standard InChI is InChI=1S/C15H15N5O/c16-5-2-8-20(11-12-3-1-6-18-9-12)15(21)13-10-19-7-4-14(13)17/h1,3-4,6-7,9-10H,2,8,11H2,(H2,17,19). The molecule has 2 rings (SSSR count). The molecule has 2 aromatic rings. The van der Waals surface area contributed by atoms with Gasteiger partial charge in [-0.25, -0.2) is 0 Å². The highest BCUT2D eigenvalue weighted by Gasteiger charge is 2.18. The lowest BCUT2D eigenvalue weighted by atomic mass is 10.2. The summed E-state index contributed by atoms with van der Waals surface area (Å²) in [6, 6.07) is 7.32. The third-order valence-corrected chi connectivity index (χ3v) is 2.96. The van der Waals surface area contributed by atoms with Gasteiger partial charge in [-0.2, -0.15) is 5.26 Å². The van der Waals surface area contributed by atoms with Crippen molar-refractivity contribution < 1.29 is 4.79 Å². The molecule has 0 atom stereocenters. The largest absolute Gasteiger partial charge is 0.398 e. The van der Waals surface area contributed by atoms with Crippen molar-refractivity contribution in [2.24, 2.45) is 0 Å². The molecule has 0 fully saturated rings. The summed E-state index contributed by atoms with van der Waals surface area (Å²) in [5.74, 6) is -0.236. The number of amides is 1. The molecular weight excluding hydrogens is 266 g/mol. The average Bonchev–Trinajstić information content (AvgIpc) is 2.52. The van der Waals surface area contributed by atoms with E-state index in [9.17, 15) is 4.79 Å². The van der Waals surface area contributed by atoms with Crippen LogP contribution in [0.15, 0.2) is 43.0 Å². The van der Waals surface area contributed by atoms with Crippen LogP contribution in [-0.2, 0) is 6.54 Å². The van der Waals surface area contributed by atoms with Gasteiger partial charge in [0.25, 0.3) is 5.91 Å². The fourth-order valence-corrected chi connectivity index (χ4v) is 1.90. The van der Waals surface area contributed by atoms with Crippen LogP contribution >= 0.6 is 0 Å². The molecule has 1 amide bonds. The summed E-state index contributed by atoms with van der Waals surface area (Å²) in [6.07, 6.45) is 6.60. The monoisotopic (exact) mass is 281 g/mol. The second kappa shape index (κ2) is 7.01. The first-order chi connectivity index (χ1) is 10.2. The smallest absolute Gasteiger partial charge is 0.257 e. The number of nitrogens with zero attached hydrogens (tertiary/aromatic N) is 4. The minimum Gasteiger partial charge on any atom is -0.398 e. The van der Waals surface area contributed by atoms with Gasteiger partial charge in [0.05, 0.1) is 18.1 Å². The molecule has 0 saturated carbocycles. The van der Waals surface area contributed by atoms with Crippen LogP contribution in [0.3, 0.4) is 0 Å². The van der Waals surface area contributed by atoms with Crippen LogP contribution in [0.1, 0.15) is 22.3 Å². The first-order valence-electron chi connectivity index (χ1n) is 6.47. The van der Waals surface area contributed by atoms with E-state index in [-0.39, 0.29) is 12.3 Å². The zero-order chi connectivity index (χ0) is 15.1. The van der Waals surface area contributed by atoms with Gasteiger partial charge in [0, 0.05) is 43.6 Å². The van der Waals surface area contributed by atoms with Crippen LogP contribution in [-0.4, -0.2) is 27.3 Å². The summed E-state index contributed by atoms with van der Waals surface area (Å²) in [7, 11) is 0. The highest BCUT2D eigenvalue weighted by Crippen LogP contribution is 2.14. The Morgan fingerprint density at radius 1 is 1.29 bits per heavy atom. The zero-order valence-electron chi connectivity index (χ0n) is 11.4. The minimum atomic E-state index is -0.236. The van der Waals surface area contributed by atoms with Gasteiger partial charge in [0.1, 0.15) is 0 Å². The number of carbonyl (C=O) groups is 1. The molecule has 106 valence electrons. The molecule has 0 aliphatic carbocycles. The minimum absolute atomic E-state index is 0.236. The number of hydrogen-bond donors (Lipinski definition) is 1. The molecule has 0 spiro atoms. The second-order valence-electron chi connectivity index (χ2n) is 4.46. The van der Waals surface area contributed by atoms with Crippen molar-refractivity contribution >= 4 is 11.6 Å². The molecule has 6 heteroatoms. The normalized spacial score (nSPS) is 9.86. The number of carbonyl (C=O) groups excluding carboxylic acids is 1. The lowest BCUT2D eigenvalue weighted by Crippen LogP contribution is -2.32. The van der Waals surface area contributed by atoms with Gasteiger partial charge < -0.3 is 10.6 Å². The molecule has 6 nitrogen and oxygen atoms in total. The Morgan fingerprint density at radius 2 is 2.10 bits per heavy atom. The highest BCUT2D eigenvalue weighted by atomic mass is 16.2. The summed E-state index contributed by atoms with van der Waals surface area (Å²) in [5, 5.41) is 8.75. The number of nitriles is 1. The Labute approximate surface area is 122 Å². The summed E-state index contributed by atoms with van der Waals surface area (Å²) >= 11 is 0. The third-order valence-electron chi connectivity index (χ3n) is 2.96. The van der Waals surface area contributed by atoms with E-state index in [0.29, 0.717) is 24.3 Å². The van der Waals surface area contributed by atoms with Gasteiger partial charge in [-0.05, 0) is 17.7 Å². The molecule has 0 aliphatic rings. The molecule has 0 radical (unpaired) electrons. The molecule has 2 N–H and O–H groups in total. The summed E-state index contributed by atoms with van der Waals surface area (Å²) in [6.45, 7) is 0.710. The van der Waals surface area contributed by atoms with Crippen molar-refractivity contribution in [2.45, 2.75) is 13.0 Å². The van der Waals surface area contributed by atoms with Crippen molar-refractivity contribution in [3.63, 3.8) is 0 Å². The number of pyridine rings is 2. The van der Waals surface area contributed by atoms with E-state index in [2.05, 4.69) is 9.97 Å². The van der Waals surface area contributed by atoms with Crippen LogP contribution in [0.25, 0.3) is 0 Å². The summed E-state index contributed by atoms with van der Waals surface area (Å²) in [5.41, 5.74) is 7.44. The van der Waals surface area contributed by atoms with Gasteiger partial charge in [-0.15, -0.1) is 0 Å². The molecule has 0 saturated heterocycles. The summed E-state index contributed by atoms with van der Waals surface area (Å²) < 4.78 is 0. The van der Waals surface area contributed by atoms with E-state index in [4.69, 9.17) is 11.0 Å². The quantitative estimate of drug-likeness (QED) is 0.898. The predicted octanol–water partition coefficient (Wildman–Crippen LogP) is 1.61. The predicted molar refractivity (Wildman–Crippen MR) is 77.9 cm³/mol. The molecular formula is C15H15N5O. The fraction of sp³-hybridized carbons (Fsp3) is 0.200. The van der Waals surface area contributed by atoms with Crippen molar-refractivity contribution in [1.82, 2.24) is 14.9 Å². The molecule has 0 unspecified atom stereocenters. The van der Waals surface area contributed by atoms with E-state index in [1.807, 2.05) is 12.1 Å². The maximum atomic E-state index is 12.6. The molecule has 21 heavy (non-hydrogen) atoms. The molecule has 0 bridgehead atoms. The maximum absolute atomic E-state index is 12.6. The number of nitrogens with two attached hydrogens (primary N) is 1. The Hall–Kier alpha value is -2.94. The van der Waals surface area contributed by atoms with Crippen LogP contribution in [0, 0.1) is 11.3 Å². The first-order valence-corrected chi connectivity index (χ1v) is 6.47. The van der Waals surface area contributed by atoms with Gasteiger partial charge in [-0.3, -0.25) is 14.8 Å². The number of aromatic nitrogens is 2. The van der Waals surface area contributed by atoms with Gasteiger partial charge >= 0.3 is 0 Å². The van der Waals surface area contributed by atoms with Crippen LogP contribution in [0.2, 0.25) is 0 Å². The maximum Gasteiger partial charge on any atom is 0.257 e. The number of rotatable bonds is 5. The lowest BCUT2D eigenvalue weighted by molar-refractivity contribution is 0.0747. The number of hydrogen-bond acceptors (Lipinski definition) is 5. The van der Waals surface area contributed by atoms with E-state index < -0.39 is 0 Å². The summed E-state index contributed by atoms with van der Waals surface area (Å²) in [4.78, 5) is 22.1. The first kappa shape index (κ1) is 14.5. The van der Waals surface area contributed by atoms with Gasteiger partial charge in [-0.1, -0.05) is 6.07 Å². The molecule has 2 heterocycles. The Morgan fingerprint density at radius 3 is 2.76 bits per heavy atom. The Balaban J connectivity index is 2.21. The van der Waals surface area contributed by atoms with Crippen LogP contribution < -0.4 is 5.73 Å². The van der Waals surface area contributed by atoms with Crippen LogP contribution in [0.5, 0.6) is 0 Å². The SMILES string of the molecule is N#CCCN(Cc1cccnc1)C(=O)c1cnccc1N. The topological polar surface area (TPSA) is 95.9 Å². The van der Waals surface area contributed by atoms with E-state index in [1.54, 1.807) is 29.4 Å². The van der Waals surface area contributed by atoms with E-state index in [0.717, 1.165) is 5.56 Å². The van der Waals surface area contributed by atoms with E-state index >= 15 is 0 Å². The van der Waals surface area contributed by atoms with Crippen molar-refractivity contribution in [2.75, 3.05) is 12.3 Å². The Kier molecular flexibility index (Phi) is 4.83. The highest BCUT2D eigenvalue weighted by molar-refractivity contribution is 5.98. The average molecular weight is 281 g/mol. The number of anilines is 1. The third kappa shape index (κ3) is 3.76. The van der Waals surface area contributed by atoms with Gasteiger partial charge in [0.15, 0.2) is 0 Å². The van der Waals surface area contributed by atoms with Crippen molar-refractivity contribution in [3.8, 4) is 6.07 Å². The second-order valence-corrected chi connectivity index (χ2v) is 4.46. The molecule has 0 aliphatic heterocycles. The van der Waals surface area contributed by atoms with Crippen molar-refractivity contribution in [3.05, 3.63) is 54.1 Å². The zero-order valence-corrected chi connectivity index (χ0v) is 11.4. The van der Waals surface area contributed by atoms with Gasteiger partial charge in [0.2, 0.25) is 0 Å². The number of nitrogen functional groups attached to an aromatic ring is 1. The molecule has 0 aromatic carbocycles. The molecule has 2 aromatic heterocycles. The Bertz CT molecular complexity index is 651. The van der Waals surface area contributed by atoms with Crippen LogP contribution in [0.4, 0.5) is 5.69 Å². The fourth-order valence-electron chi connectivity index (χ4n) is 1.90. The van der Waals surface area contributed by atoms with Crippen molar-refractivity contribution in [1.29, 1.82) is 5.26 Å². The lowest BCUT2D eigenvalue weighted by Gasteiger charge is -2.22.